The van der Waals surface area contributed by atoms with Crippen molar-refractivity contribution in [2.24, 2.45) is 0 Å². The standard InChI is InChI=1S/C15H19N3O2S2/c1-11-13(4-7-20-11)21-10-14(19)17-15-16-12(9-22-15)8-18-5-2-3-6-18/h4,7,9H,2-3,5-6,8,10H2,1H3,(H,16,17,19). The van der Waals surface area contributed by atoms with Gasteiger partial charge in [-0.15, -0.1) is 23.1 Å². The molecule has 3 heterocycles. The Morgan fingerprint density at radius 3 is 3.05 bits per heavy atom. The van der Waals surface area contributed by atoms with E-state index in [-0.39, 0.29) is 5.91 Å². The number of hydrogen-bond acceptors (Lipinski definition) is 6. The van der Waals surface area contributed by atoms with Gasteiger partial charge in [-0.05, 0) is 38.9 Å². The molecule has 0 saturated carbocycles. The van der Waals surface area contributed by atoms with Crippen LogP contribution < -0.4 is 5.32 Å². The van der Waals surface area contributed by atoms with E-state index in [9.17, 15) is 4.79 Å². The number of furan rings is 1. The molecular formula is C15H19N3O2S2. The van der Waals surface area contributed by atoms with Crippen LogP contribution in [0.3, 0.4) is 0 Å². The van der Waals surface area contributed by atoms with Crippen LogP contribution in [0.25, 0.3) is 0 Å². The van der Waals surface area contributed by atoms with Crippen LogP contribution in [0.2, 0.25) is 0 Å². The Morgan fingerprint density at radius 2 is 2.32 bits per heavy atom. The Bertz CT molecular complexity index is 632. The van der Waals surface area contributed by atoms with E-state index < -0.39 is 0 Å². The summed E-state index contributed by atoms with van der Waals surface area (Å²) in [5.41, 5.74) is 1.04. The molecule has 118 valence electrons. The third-order valence-corrected chi connectivity index (χ3v) is 5.50. The molecule has 1 aliphatic rings. The fourth-order valence-electron chi connectivity index (χ4n) is 2.43. The lowest BCUT2D eigenvalue weighted by atomic mass is 10.4. The monoisotopic (exact) mass is 337 g/mol. The molecule has 0 unspecified atom stereocenters. The molecule has 1 fully saturated rings. The Balaban J connectivity index is 1.47. The molecule has 1 aliphatic heterocycles. The average Bonchev–Trinajstić information content (AvgIpc) is 3.21. The molecule has 1 N–H and O–H groups in total. The average molecular weight is 337 g/mol. The zero-order chi connectivity index (χ0) is 15.4. The minimum atomic E-state index is -0.0346. The maximum atomic E-state index is 12.0. The summed E-state index contributed by atoms with van der Waals surface area (Å²) in [5.74, 6) is 1.18. The summed E-state index contributed by atoms with van der Waals surface area (Å²) in [4.78, 5) is 19.9. The van der Waals surface area contributed by atoms with Crippen LogP contribution in [-0.4, -0.2) is 34.6 Å². The summed E-state index contributed by atoms with van der Waals surface area (Å²) in [6.45, 7) is 5.08. The van der Waals surface area contributed by atoms with Crippen molar-refractivity contribution in [1.29, 1.82) is 0 Å². The van der Waals surface area contributed by atoms with Crippen LogP contribution in [0.4, 0.5) is 5.13 Å². The Morgan fingerprint density at radius 1 is 1.50 bits per heavy atom. The van der Waals surface area contributed by atoms with Crippen LogP contribution in [0, 0.1) is 6.92 Å². The number of likely N-dealkylation sites (tertiary alicyclic amines) is 1. The number of thiazole rings is 1. The second-order valence-electron chi connectivity index (χ2n) is 5.31. The highest BCUT2D eigenvalue weighted by Gasteiger charge is 2.14. The number of anilines is 1. The predicted molar refractivity (Wildman–Crippen MR) is 89.4 cm³/mol. The largest absolute Gasteiger partial charge is 0.468 e. The van der Waals surface area contributed by atoms with Gasteiger partial charge in [0.05, 0.1) is 17.7 Å². The Hall–Kier alpha value is -1.31. The fourth-order valence-corrected chi connectivity index (χ4v) is 3.91. The number of nitrogens with zero attached hydrogens (tertiary/aromatic N) is 2. The summed E-state index contributed by atoms with van der Waals surface area (Å²) >= 11 is 2.97. The number of carbonyl (C=O) groups excluding carboxylic acids is 1. The predicted octanol–water partition coefficient (Wildman–Crippen LogP) is 3.37. The van der Waals surface area contributed by atoms with Crippen molar-refractivity contribution < 1.29 is 9.21 Å². The van der Waals surface area contributed by atoms with Crippen molar-refractivity contribution in [3.8, 4) is 0 Å². The van der Waals surface area contributed by atoms with Gasteiger partial charge < -0.3 is 9.73 Å². The first kappa shape index (κ1) is 15.6. The number of carbonyl (C=O) groups is 1. The topological polar surface area (TPSA) is 58.4 Å². The second-order valence-corrected chi connectivity index (χ2v) is 7.18. The van der Waals surface area contributed by atoms with Crippen molar-refractivity contribution in [3.63, 3.8) is 0 Å². The molecule has 2 aromatic rings. The van der Waals surface area contributed by atoms with Crippen LogP contribution in [-0.2, 0) is 11.3 Å². The van der Waals surface area contributed by atoms with Gasteiger partial charge >= 0.3 is 0 Å². The molecule has 22 heavy (non-hydrogen) atoms. The fraction of sp³-hybridized carbons (Fsp3) is 0.467. The van der Waals surface area contributed by atoms with Gasteiger partial charge in [0, 0.05) is 16.8 Å². The molecule has 0 radical (unpaired) electrons. The van der Waals surface area contributed by atoms with Gasteiger partial charge in [0.25, 0.3) is 0 Å². The van der Waals surface area contributed by atoms with Crippen LogP contribution in [0.5, 0.6) is 0 Å². The lowest BCUT2D eigenvalue weighted by molar-refractivity contribution is -0.113. The van der Waals surface area contributed by atoms with E-state index in [1.165, 1.54) is 35.9 Å². The minimum Gasteiger partial charge on any atom is -0.468 e. The first-order chi connectivity index (χ1) is 10.7. The zero-order valence-electron chi connectivity index (χ0n) is 12.5. The number of amides is 1. The molecule has 1 saturated heterocycles. The molecule has 3 rings (SSSR count). The summed E-state index contributed by atoms with van der Waals surface area (Å²) in [7, 11) is 0. The van der Waals surface area contributed by atoms with E-state index in [1.807, 2.05) is 18.4 Å². The Kier molecular flexibility index (Phi) is 5.17. The summed E-state index contributed by atoms with van der Waals surface area (Å²) in [6.07, 6.45) is 4.19. The van der Waals surface area contributed by atoms with Gasteiger partial charge in [0.2, 0.25) is 5.91 Å². The van der Waals surface area contributed by atoms with E-state index in [1.54, 1.807) is 6.26 Å². The number of rotatable bonds is 6. The molecular weight excluding hydrogens is 318 g/mol. The van der Waals surface area contributed by atoms with Gasteiger partial charge in [0.1, 0.15) is 5.76 Å². The zero-order valence-corrected chi connectivity index (χ0v) is 14.1. The van der Waals surface area contributed by atoms with E-state index in [0.29, 0.717) is 10.9 Å². The third-order valence-electron chi connectivity index (χ3n) is 3.55. The highest BCUT2D eigenvalue weighted by molar-refractivity contribution is 8.00. The third kappa shape index (κ3) is 4.12. The molecule has 0 spiro atoms. The number of nitrogens with one attached hydrogen (secondary N) is 1. The van der Waals surface area contributed by atoms with Gasteiger partial charge in [-0.25, -0.2) is 4.98 Å². The van der Waals surface area contributed by atoms with E-state index in [2.05, 4.69) is 15.2 Å². The molecule has 0 bridgehead atoms. The number of hydrogen-bond donors (Lipinski definition) is 1. The Labute approximate surface area is 138 Å². The molecule has 1 amide bonds. The highest BCUT2D eigenvalue weighted by Crippen LogP contribution is 2.24. The van der Waals surface area contributed by atoms with Gasteiger partial charge in [-0.1, -0.05) is 0 Å². The number of aryl methyl sites for hydroxylation is 1. The first-order valence-electron chi connectivity index (χ1n) is 7.34. The van der Waals surface area contributed by atoms with Gasteiger partial charge in [0.15, 0.2) is 5.13 Å². The smallest absolute Gasteiger partial charge is 0.236 e. The van der Waals surface area contributed by atoms with Gasteiger partial charge in [-0.3, -0.25) is 9.69 Å². The number of aromatic nitrogens is 1. The minimum absolute atomic E-state index is 0.0346. The summed E-state index contributed by atoms with van der Waals surface area (Å²) in [6, 6.07) is 1.88. The maximum Gasteiger partial charge on any atom is 0.236 e. The van der Waals surface area contributed by atoms with Crippen molar-refractivity contribution in [2.75, 3.05) is 24.2 Å². The highest BCUT2D eigenvalue weighted by atomic mass is 32.2. The first-order valence-corrected chi connectivity index (χ1v) is 9.21. The lowest BCUT2D eigenvalue weighted by Gasteiger charge is -2.11. The molecule has 0 aromatic carbocycles. The van der Waals surface area contributed by atoms with Crippen molar-refractivity contribution >= 4 is 34.1 Å². The normalized spacial score (nSPS) is 15.3. The molecule has 2 aromatic heterocycles. The SMILES string of the molecule is Cc1occc1SCC(=O)Nc1nc(CN2CCCC2)cs1. The van der Waals surface area contributed by atoms with Crippen molar-refractivity contribution in [1.82, 2.24) is 9.88 Å². The lowest BCUT2D eigenvalue weighted by Crippen LogP contribution is -2.18. The molecule has 7 heteroatoms. The number of thioether (sulfide) groups is 1. The van der Waals surface area contributed by atoms with E-state index in [4.69, 9.17) is 4.42 Å². The molecule has 5 nitrogen and oxygen atoms in total. The summed E-state index contributed by atoms with van der Waals surface area (Å²) < 4.78 is 5.21. The molecule has 0 aliphatic carbocycles. The van der Waals surface area contributed by atoms with Crippen LogP contribution in [0.1, 0.15) is 24.3 Å². The maximum absolute atomic E-state index is 12.0. The molecule has 0 atom stereocenters. The van der Waals surface area contributed by atoms with E-state index >= 15 is 0 Å². The van der Waals surface area contributed by atoms with E-state index in [0.717, 1.165) is 36.0 Å². The quantitative estimate of drug-likeness (QED) is 0.819. The van der Waals surface area contributed by atoms with Crippen molar-refractivity contribution in [3.05, 3.63) is 29.2 Å². The second kappa shape index (κ2) is 7.30. The summed E-state index contributed by atoms with van der Waals surface area (Å²) in [5, 5.41) is 5.58. The van der Waals surface area contributed by atoms with Gasteiger partial charge in [-0.2, -0.15) is 0 Å². The van der Waals surface area contributed by atoms with Crippen LogP contribution >= 0.6 is 23.1 Å². The van der Waals surface area contributed by atoms with Crippen LogP contribution in [0.15, 0.2) is 27.0 Å². The van der Waals surface area contributed by atoms with Crippen molar-refractivity contribution in [2.45, 2.75) is 31.2 Å².